The van der Waals surface area contributed by atoms with E-state index in [1.165, 1.54) is 6.07 Å². The quantitative estimate of drug-likeness (QED) is 0.785. The van der Waals surface area contributed by atoms with E-state index < -0.39 is 17.2 Å². The standard InChI is InChI=1S/C13H19F2NO2/c1-13(5-6-17,9-18-2)16-8-10-3-4-11(14)12(15)7-10/h3-4,7,16-17H,5-6,8-9H2,1-2H3. The first-order valence-electron chi connectivity index (χ1n) is 5.79. The molecule has 0 radical (unpaired) electrons. The Morgan fingerprint density at radius 2 is 2.06 bits per heavy atom. The third-order valence-electron chi connectivity index (χ3n) is 2.83. The first-order valence-corrected chi connectivity index (χ1v) is 5.79. The fourth-order valence-corrected chi connectivity index (χ4v) is 1.74. The lowest BCUT2D eigenvalue weighted by Crippen LogP contribution is -2.46. The van der Waals surface area contributed by atoms with Gasteiger partial charge in [-0.1, -0.05) is 6.07 Å². The number of benzene rings is 1. The highest BCUT2D eigenvalue weighted by Gasteiger charge is 2.22. The third-order valence-corrected chi connectivity index (χ3v) is 2.83. The van der Waals surface area contributed by atoms with Crippen LogP contribution in [0.15, 0.2) is 18.2 Å². The van der Waals surface area contributed by atoms with Crippen LogP contribution in [-0.4, -0.2) is 31.0 Å². The van der Waals surface area contributed by atoms with Gasteiger partial charge >= 0.3 is 0 Å². The van der Waals surface area contributed by atoms with Crippen LogP contribution < -0.4 is 5.32 Å². The highest BCUT2D eigenvalue weighted by molar-refractivity contribution is 5.17. The van der Waals surface area contributed by atoms with Gasteiger partial charge in [0.2, 0.25) is 0 Å². The molecule has 1 rings (SSSR count). The molecule has 0 heterocycles. The second-order valence-electron chi connectivity index (χ2n) is 4.57. The van der Waals surface area contributed by atoms with Crippen molar-refractivity contribution in [2.45, 2.75) is 25.4 Å². The van der Waals surface area contributed by atoms with E-state index in [1.54, 1.807) is 7.11 Å². The Hall–Kier alpha value is -1.04. The summed E-state index contributed by atoms with van der Waals surface area (Å²) in [5, 5.41) is 12.2. The predicted molar refractivity (Wildman–Crippen MR) is 65.2 cm³/mol. The van der Waals surface area contributed by atoms with E-state index >= 15 is 0 Å². The zero-order valence-electron chi connectivity index (χ0n) is 10.7. The van der Waals surface area contributed by atoms with Crippen LogP contribution in [-0.2, 0) is 11.3 Å². The fraction of sp³-hybridized carbons (Fsp3) is 0.538. The summed E-state index contributed by atoms with van der Waals surface area (Å²) in [7, 11) is 1.58. The van der Waals surface area contributed by atoms with Crippen molar-refractivity contribution < 1.29 is 18.6 Å². The van der Waals surface area contributed by atoms with Crippen molar-refractivity contribution in [1.82, 2.24) is 5.32 Å². The van der Waals surface area contributed by atoms with Gasteiger partial charge in [-0.15, -0.1) is 0 Å². The smallest absolute Gasteiger partial charge is 0.159 e. The maximum Gasteiger partial charge on any atom is 0.159 e. The van der Waals surface area contributed by atoms with Gasteiger partial charge in [-0.05, 0) is 31.0 Å². The Morgan fingerprint density at radius 1 is 1.33 bits per heavy atom. The molecule has 0 amide bonds. The van der Waals surface area contributed by atoms with E-state index in [0.717, 1.165) is 12.1 Å². The van der Waals surface area contributed by atoms with E-state index in [-0.39, 0.29) is 6.61 Å². The SMILES string of the molecule is COCC(C)(CCO)NCc1ccc(F)c(F)c1. The molecule has 0 spiro atoms. The van der Waals surface area contributed by atoms with Crippen LogP contribution in [0.5, 0.6) is 0 Å². The molecule has 1 atom stereocenters. The Morgan fingerprint density at radius 3 is 2.61 bits per heavy atom. The molecule has 1 unspecified atom stereocenters. The average molecular weight is 259 g/mol. The number of rotatable bonds is 7. The zero-order valence-corrected chi connectivity index (χ0v) is 10.7. The summed E-state index contributed by atoms with van der Waals surface area (Å²) < 4.78 is 30.9. The fourth-order valence-electron chi connectivity index (χ4n) is 1.74. The molecule has 0 bridgehead atoms. The van der Waals surface area contributed by atoms with Crippen molar-refractivity contribution >= 4 is 0 Å². The van der Waals surface area contributed by atoms with Crippen LogP contribution in [0.25, 0.3) is 0 Å². The summed E-state index contributed by atoms with van der Waals surface area (Å²) in [6.07, 6.45) is 0.518. The van der Waals surface area contributed by atoms with Gasteiger partial charge in [0.1, 0.15) is 0 Å². The Kier molecular flexibility index (Phi) is 5.65. The number of methoxy groups -OCH3 is 1. The van der Waals surface area contributed by atoms with Crippen LogP contribution in [0.4, 0.5) is 8.78 Å². The van der Waals surface area contributed by atoms with E-state index in [0.29, 0.717) is 25.1 Å². The maximum absolute atomic E-state index is 13.0. The molecule has 0 saturated carbocycles. The highest BCUT2D eigenvalue weighted by Crippen LogP contribution is 2.13. The van der Waals surface area contributed by atoms with Gasteiger partial charge in [0, 0.05) is 25.8 Å². The Labute approximate surface area is 106 Å². The van der Waals surface area contributed by atoms with Crippen molar-refractivity contribution in [2.24, 2.45) is 0 Å². The van der Waals surface area contributed by atoms with E-state index in [9.17, 15) is 8.78 Å². The molecule has 1 aromatic rings. The van der Waals surface area contributed by atoms with Crippen LogP contribution in [0, 0.1) is 11.6 Å². The van der Waals surface area contributed by atoms with Crippen LogP contribution in [0.1, 0.15) is 18.9 Å². The molecule has 0 saturated heterocycles. The molecule has 5 heteroatoms. The molecule has 102 valence electrons. The van der Waals surface area contributed by atoms with Gasteiger partial charge in [0.15, 0.2) is 11.6 Å². The van der Waals surface area contributed by atoms with E-state index in [1.807, 2.05) is 6.92 Å². The zero-order chi connectivity index (χ0) is 13.6. The largest absolute Gasteiger partial charge is 0.396 e. The summed E-state index contributed by atoms with van der Waals surface area (Å²) >= 11 is 0. The van der Waals surface area contributed by atoms with Gasteiger partial charge in [0.05, 0.1) is 6.61 Å². The number of hydrogen-bond donors (Lipinski definition) is 2. The molecule has 2 N–H and O–H groups in total. The first kappa shape index (κ1) is 15.0. The molecule has 0 fully saturated rings. The minimum Gasteiger partial charge on any atom is -0.396 e. The lowest BCUT2D eigenvalue weighted by atomic mass is 9.99. The van der Waals surface area contributed by atoms with Gasteiger partial charge in [-0.25, -0.2) is 8.78 Å². The maximum atomic E-state index is 13.0. The predicted octanol–water partition coefficient (Wildman–Crippen LogP) is 1.84. The lowest BCUT2D eigenvalue weighted by molar-refractivity contribution is 0.0969. The molecular formula is C13H19F2NO2. The monoisotopic (exact) mass is 259 g/mol. The summed E-state index contributed by atoms with van der Waals surface area (Å²) in [5.41, 5.74) is 0.253. The van der Waals surface area contributed by atoms with Crippen LogP contribution in [0.2, 0.25) is 0 Å². The van der Waals surface area contributed by atoms with E-state index in [2.05, 4.69) is 5.32 Å². The Balaban J connectivity index is 2.63. The molecule has 0 aliphatic rings. The van der Waals surface area contributed by atoms with Crippen molar-refractivity contribution in [3.8, 4) is 0 Å². The summed E-state index contributed by atoms with van der Waals surface area (Å²) in [6.45, 7) is 2.76. The molecule has 1 aromatic carbocycles. The molecule has 3 nitrogen and oxygen atoms in total. The van der Waals surface area contributed by atoms with Crippen LogP contribution >= 0.6 is 0 Å². The van der Waals surface area contributed by atoms with Gasteiger partial charge in [0.25, 0.3) is 0 Å². The summed E-state index contributed by atoms with van der Waals surface area (Å²) in [5.74, 6) is -1.71. The van der Waals surface area contributed by atoms with Crippen molar-refractivity contribution in [2.75, 3.05) is 20.3 Å². The van der Waals surface area contributed by atoms with Gasteiger partial charge in [-0.2, -0.15) is 0 Å². The van der Waals surface area contributed by atoms with Crippen molar-refractivity contribution in [3.63, 3.8) is 0 Å². The van der Waals surface area contributed by atoms with Gasteiger partial charge < -0.3 is 15.2 Å². The van der Waals surface area contributed by atoms with Crippen molar-refractivity contribution in [1.29, 1.82) is 0 Å². The number of aliphatic hydroxyl groups excluding tert-OH is 1. The molecular weight excluding hydrogens is 240 g/mol. The first-order chi connectivity index (χ1) is 8.50. The number of hydrogen-bond acceptors (Lipinski definition) is 3. The van der Waals surface area contributed by atoms with Crippen LogP contribution in [0.3, 0.4) is 0 Å². The third kappa shape index (κ3) is 4.33. The lowest BCUT2D eigenvalue weighted by Gasteiger charge is -2.29. The topological polar surface area (TPSA) is 41.5 Å². The average Bonchev–Trinajstić information content (AvgIpc) is 2.32. The number of ether oxygens (including phenoxy) is 1. The number of aliphatic hydroxyl groups is 1. The number of halogens is 2. The molecule has 0 aromatic heterocycles. The Bertz CT molecular complexity index is 379. The molecule has 18 heavy (non-hydrogen) atoms. The summed E-state index contributed by atoms with van der Waals surface area (Å²) in [6, 6.07) is 3.79. The minimum absolute atomic E-state index is 0.0324. The van der Waals surface area contributed by atoms with Gasteiger partial charge in [-0.3, -0.25) is 0 Å². The number of nitrogens with one attached hydrogen (secondary N) is 1. The second-order valence-corrected chi connectivity index (χ2v) is 4.57. The van der Waals surface area contributed by atoms with Crippen molar-refractivity contribution in [3.05, 3.63) is 35.4 Å². The van der Waals surface area contributed by atoms with E-state index in [4.69, 9.17) is 9.84 Å². The molecule has 0 aliphatic carbocycles. The summed E-state index contributed by atoms with van der Waals surface area (Å²) in [4.78, 5) is 0. The minimum atomic E-state index is -0.857. The normalized spacial score (nSPS) is 14.5. The second kappa shape index (κ2) is 6.78. The molecule has 0 aliphatic heterocycles. The highest BCUT2D eigenvalue weighted by atomic mass is 19.2.